The molecule has 0 aliphatic heterocycles. The number of rotatable bonds is 6. The first-order chi connectivity index (χ1) is 9.92. The van der Waals surface area contributed by atoms with Gasteiger partial charge in [0.1, 0.15) is 24.4 Å². The molecular weight excluding hydrogens is 268 g/mol. The fraction of sp³-hybridized carbons (Fsp3) is 0.353. The number of carbonyl (C=O) groups is 1. The van der Waals surface area contributed by atoms with Crippen molar-refractivity contribution in [1.82, 2.24) is 0 Å². The van der Waals surface area contributed by atoms with E-state index in [1.807, 2.05) is 12.1 Å². The van der Waals surface area contributed by atoms with E-state index in [1.54, 1.807) is 0 Å². The van der Waals surface area contributed by atoms with Crippen molar-refractivity contribution in [3.8, 4) is 5.75 Å². The van der Waals surface area contributed by atoms with E-state index in [9.17, 15) is 4.79 Å². The molecule has 0 saturated carbocycles. The Labute approximate surface area is 124 Å². The van der Waals surface area contributed by atoms with Gasteiger partial charge in [-0.1, -0.05) is 32.9 Å². The van der Waals surface area contributed by atoms with Gasteiger partial charge in [-0.05, 0) is 35.6 Å². The first-order valence-corrected chi connectivity index (χ1v) is 6.96. The standard InChI is InChI=1S/C17H20O4/c1-4-17(2,3)13-5-7-14(8-6-13)21-11-15-9-12(10-20-15)16(18)19/h5-10H,4,11H2,1-3H3,(H,18,19). The van der Waals surface area contributed by atoms with Crippen LogP contribution in [0.1, 0.15) is 48.9 Å². The number of ether oxygens (including phenoxy) is 1. The minimum absolute atomic E-state index is 0.133. The number of hydrogen-bond acceptors (Lipinski definition) is 3. The average molecular weight is 288 g/mol. The lowest BCUT2D eigenvalue weighted by atomic mass is 9.82. The monoisotopic (exact) mass is 288 g/mol. The van der Waals surface area contributed by atoms with Gasteiger partial charge in [0.2, 0.25) is 0 Å². The lowest BCUT2D eigenvalue weighted by Crippen LogP contribution is -2.15. The third-order valence-electron chi connectivity index (χ3n) is 3.80. The number of carboxylic acid groups (broad SMARTS) is 1. The summed E-state index contributed by atoms with van der Waals surface area (Å²) in [6, 6.07) is 9.44. The molecule has 112 valence electrons. The van der Waals surface area contributed by atoms with Crippen LogP contribution in [0.2, 0.25) is 0 Å². The second kappa shape index (κ2) is 6.04. The largest absolute Gasteiger partial charge is 0.486 e. The summed E-state index contributed by atoms with van der Waals surface area (Å²) in [6.45, 7) is 6.80. The van der Waals surface area contributed by atoms with Crippen LogP contribution < -0.4 is 4.74 Å². The van der Waals surface area contributed by atoms with Crippen molar-refractivity contribution in [3.63, 3.8) is 0 Å². The van der Waals surface area contributed by atoms with Gasteiger partial charge in [-0.3, -0.25) is 0 Å². The number of hydrogen-bond donors (Lipinski definition) is 1. The highest BCUT2D eigenvalue weighted by Crippen LogP contribution is 2.28. The molecule has 0 aliphatic carbocycles. The van der Waals surface area contributed by atoms with Crippen molar-refractivity contribution in [2.45, 2.75) is 39.2 Å². The van der Waals surface area contributed by atoms with Crippen LogP contribution in [0.5, 0.6) is 5.75 Å². The number of furan rings is 1. The normalized spacial score (nSPS) is 11.4. The molecule has 0 aliphatic rings. The van der Waals surface area contributed by atoms with Crippen LogP contribution in [0.3, 0.4) is 0 Å². The first kappa shape index (κ1) is 15.2. The Morgan fingerprint density at radius 2 is 1.95 bits per heavy atom. The maximum atomic E-state index is 10.7. The van der Waals surface area contributed by atoms with Crippen LogP contribution in [0.15, 0.2) is 41.0 Å². The van der Waals surface area contributed by atoms with E-state index in [1.165, 1.54) is 17.9 Å². The van der Waals surface area contributed by atoms with Crippen molar-refractivity contribution in [3.05, 3.63) is 53.5 Å². The predicted octanol–water partition coefficient (Wildman–Crippen LogP) is 4.24. The summed E-state index contributed by atoms with van der Waals surface area (Å²) in [5, 5.41) is 8.81. The topological polar surface area (TPSA) is 59.7 Å². The Balaban J connectivity index is 1.99. The van der Waals surface area contributed by atoms with Crippen LogP contribution in [0.4, 0.5) is 0 Å². The van der Waals surface area contributed by atoms with Gasteiger partial charge >= 0.3 is 5.97 Å². The first-order valence-electron chi connectivity index (χ1n) is 6.96. The summed E-state index contributed by atoms with van der Waals surface area (Å²) in [5.41, 5.74) is 1.55. The molecular formula is C17H20O4. The van der Waals surface area contributed by atoms with Gasteiger partial charge in [0.05, 0.1) is 5.56 Å². The molecule has 4 nitrogen and oxygen atoms in total. The maximum absolute atomic E-state index is 10.7. The Morgan fingerprint density at radius 1 is 1.29 bits per heavy atom. The molecule has 0 atom stereocenters. The average Bonchev–Trinajstić information content (AvgIpc) is 2.95. The molecule has 0 unspecified atom stereocenters. The van der Waals surface area contributed by atoms with Crippen LogP contribution in [0, 0.1) is 0 Å². The van der Waals surface area contributed by atoms with Crippen LogP contribution >= 0.6 is 0 Å². The van der Waals surface area contributed by atoms with Gasteiger partial charge < -0.3 is 14.3 Å². The van der Waals surface area contributed by atoms with E-state index < -0.39 is 5.97 Å². The van der Waals surface area contributed by atoms with Gasteiger partial charge in [0, 0.05) is 0 Å². The van der Waals surface area contributed by atoms with Crippen LogP contribution in [-0.4, -0.2) is 11.1 Å². The Hall–Kier alpha value is -2.23. The van der Waals surface area contributed by atoms with Crippen molar-refractivity contribution >= 4 is 5.97 Å². The Morgan fingerprint density at radius 3 is 2.48 bits per heavy atom. The number of carboxylic acids is 1. The molecule has 2 aromatic rings. The summed E-state index contributed by atoms with van der Waals surface area (Å²) in [7, 11) is 0. The second-order valence-corrected chi connectivity index (χ2v) is 5.66. The van der Waals surface area contributed by atoms with Gasteiger partial charge in [-0.15, -0.1) is 0 Å². The molecule has 0 amide bonds. The molecule has 0 radical (unpaired) electrons. The van der Waals surface area contributed by atoms with E-state index >= 15 is 0 Å². The lowest BCUT2D eigenvalue weighted by molar-refractivity contribution is 0.0696. The lowest BCUT2D eigenvalue weighted by Gasteiger charge is -2.23. The highest BCUT2D eigenvalue weighted by molar-refractivity contribution is 5.87. The fourth-order valence-corrected chi connectivity index (χ4v) is 1.93. The van der Waals surface area contributed by atoms with Crippen molar-refractivity contribution < 1.29 is 19.1 Å². The highest BCUT2D eigenvalue weighted by atomic mass is 16.5. The summed E-state index contributed by atoms with van der Waals surface area (Å²) in [5.74, 6) is 0.223. The molecule has 4 heteroatoms. The second-order valence-electron chi connectivity index (χ2n) is 5.66. The van der Waals surface area contributed by atoms with E-state index in [2.05, 4.69) is 32.9 Å². The SMILES string of the molecule is CCC(C)(C)c1ccc(OCc2cc(C(=O)O)co2)cc1. The van der Waals surface area contributed by atoms with Gasteiger partial charge in [-0.2, -0.15) is 0 Å². The smallest absolute Gasteiger partial charge is 0.338 e. The van der Waals surface area contributed by atoms with Crippen molar-refractivity contribution in [1.29, 1.82) is 0 Å². The molecule has 0 fully saturated rings. The number of benzene rings is 1. The maximum Gasteiger partial charge on any atom is 0.338 e. The number of aromatic carboxylic acids is 1. The summed E-state index contributed by atoms with van der Waals surface area (Å²) >= 11 is 0. The quantitative estimate of drug-likeness (QED) is 0.863. The highest BCUT2D eigenvalue weighted by Gasteiger charge is 2.17. The molecule has 1 aromatic carbocycles. The summed E-state index contributed by atoms with van der Waals surface area (Å²) in [6.07, 6.45) is 2.28. The van der Waals surface area contributed by atoms with Crippen molar-refractivity contribution in [2.24, 2.45) is 0 Å². The molecule has 0 saturated heterocycles. The Kier molecular flexibility index (Phi) is 4.36. The predicted molar refractivity (Wildman–Crippen MR) is 79.8 cm³/mol. The molecule has 0 spiro atoms. The van der Waals surface area contributed by atoms with E-state index in [0.717, 1.165) is 12.2 Å². The van der Waals surface area contributed by atoms with E-state index in [4.69, 9.17) is 14.3 Å². The molecule has 1 N–H and O–H groups in total. The molecule has 21 heavy (non-hydrogen) atoms. The third-order valence-corrected chi connectivity index (χ3v) is 3.80. The molecule has 1 aromatic heterocycles. The minimum Gasteiger partial charge on any atom is -0.486 e. The zero-order chi connectivity index (χ0) is 15.5. The van der Waals surface area contributed by atoms with Crippen molar-refractivity contribution in [2.75, 3.05) is 0 Å². The van der Waals surface area contributed by atoms with Gasteiger partial charge in [-0.25, -0.2) is 4.79 Å². The van der Waals surface area contributed by atoms with Crippen LogP contribution in [0.25, 0.3) is 0 Å². The van der Waals surface area contributed by atoms with E-state index in [0.29, 0.717) is 5.76 Å². The van der Waals surface area contributed by atoms with Gasteiger partial charge in [0.25, 0.3) is 0 Å². The summed E-state index contributed by atoms with van der Waals surface area (Å²) in [4.78, 5) is 10.7. The zero-order valence-electron chi connectivity index (χ0n) is 12.6. The van der Waals surface area contributed by atoms with Gasteiger partial charge in [0.15, 0.2) is 0 Å². The van der Waals surface area contributed by atoms with Crippen LogP contribution in [-0.2, 0) is 12.0 Å². The fourth-order valence-electron chi connectivity index (χ4n) is 1.93. The van der Waals surface area contributed by atoms with E-state index in [-0.39, 0.29) is 17.6 Å². The summed E-state index contributed by atoms with van der Waals surface area (Å²) < 4.78 is 10.7. The zero-order valence-corrected chi connectivity index (χ0v) is 12.6. The molecule has 0 bridgehead atoms. The Bertz CT molecular complexity index is 608. The molecule has 2 rings (SSSR count). The molecule has 1 heterocycles. The minimum atomic E-state index is -1.00. The third kappa shape index (κ3) is 3.66.